The van der Waals surface area contributed by atoms with E-state index in [9.17, 15) is 14.0 Å². The monoisotopic (exact) mass is 408 g/mol. The van der Waals surface area contributed by atoms with Gasteiger partial charge in [-0.15, -0.1) is 0 Å². The summed E-state index contributed by atoms with van der Waals surface area (Å²) in [4.78, 5) is 26.7. The summed E-state index contributed by atoms with van der Waals surface area (Å²) in [7, 11) is 0. The van der Waals surface area contributed by atoms with E-state index in [2.05, 4.69) is 10.2 Å². The molecule has 0 aliphatic carbocycles. The van der Waals surface area contributed by atoms with Crippen molar-refractivity contribution in [2.45, 2.75) is 38.6 Å². The predicted octanol–water partition coefficient (Wildman–Crippen LogP) is 3.02. The van der Waals surface area contributed by atoms with Gasteiger partial charge in [-0.1, -0.05) is 42.0 Å². The van der Waals surface area contributed by atoms with Crippen LogP contribution in [0.3, 0.4) is 0 Å². The number of carbonyl (C=O) groups excluding carboxylic acids is 1. The maximum absolute atomic E-state index is 13.4. The Bertz CT molecular complexity index is 1080. The quantitative estimate of drug-likeness (QED) is 0.706. The Morgan fingerprint density at radius 2 is 1.87 bits per heavy atom. The van der Waals surface area contributed by atoms with Gasteiger partial charge >= 0.3 is 5.69 Å². The first-order valence-corrected chi connectivity index (χ1v) is 10.2. The summed E-state index contributed by atoms with van der Waals surface area (Å²) < 4.78 is 15.0. The van der Waals surface area contributed by atoms with Crippen molar-refractivity contribution in [1.82, 2.24) is 19.7 Å². The highest BCUT2D eigenvalue weighted by Crippen LogP contribution is 2.26. The summed E-state index contributed by atoms with van der Waals surface area (Å²) in [5, 5.41) is 6.86. The standard InChI is InChI=1S/C23H25FN4O2/c1-16-5-7-17(8-6-16)15-28-22(25-26-23(28)30)19-9-11-27(12-10-19)21(29)14-18-3-2-4-20(24)13-18/h2-8,13,19H,9-12,14-15H2,1H3,(H,26,30). The van der Waals surface area contributed by atoms with Crippen molar-refractivity contribution in [3.05, 3.63) is 87.3 Å². The maximum Gasteiger partial charge on any atom is 0.343 e. The van der Waals surface area contributed by atoms with E-state index in [0.29, 0.717) is 25.2 Å². The van der Waals surface area contributed by atoms with E-state index in [-0.39, 0.29) is 29.8 Å². The molecule has 1 fully saturated rings. The fourth-order valence-electron chi connectivity index (χ4n) is 3.99. The lowest BCUT2D eigenvalue weighted by molar-refractivity contribution is -0.131. The number of benzene rings is 2. The Labute approximate surface area is 174 Å². The second-order valence-electron chi connectivity index (χ2n) is 7.92. The number of nitrogens with zero attached hydrogens (tertiary/aromatic N) is 3. The van der Waals surface area contributed by atoms with E-state index in [0.717, 1.165) is 24.2 Å². The summed E-state index contributed by atoms with van der Waals surface area (Å²) in [5.41, 5.74) is 2.69. The topological polar surface area (TPSA) is 71.0 Å². The number of aryl methyl sites for hydroxylation is 1. The first-order valence-electron chi connectivity index (χ1n) is 10.2. The molecule has 1 aliphatic heterocycles. The average molecular weight is 408 g/mol. The molecule has 1 N–H and O–H groups in total. The minimum atomic E-state index is -0.330. The molecular weight excluding hydrogens is 383 g/mol. The number of amides is 1. The number of aromatic amines is 1. The van der Waals surface area contributed by atoms with Gasteiger partial charge in [0.05, 0.1) is 13.0 Å². The highest BCUT2D eigenvalue weighted by molar-refractivity contribution is 5.78. The number of halogens is 1. The third-order valence-corrected chi connectivity index (χ3v) is 5.71. The number of H-pyrrole nitrogens is 1. The summed E-state index contributed by atoms with van der Waals surface area (Å²) in [6, 6.07) is 14.3. The van der Waals surface area contributed by atoms with Crippen LogP contribution < -0.4 is 5.69 Å². The first kappa shape index (κ1) is 20.1. The smallest absolute Gasteiger partial charge is 0.342 e. The van der Waals surface area contributed by atoms with Crippen LogP contribution in [-0.2, 0) is 17.8 Å². The number of piperidine rings is 1. The fourth-order valence-corrected chi connectivity index (χ4v) is 3.99. The molecular formula is C23H25FN4O2. The van der Waals surface area contributed by atoms with E-state index in [4.69, 9.17) is 0 Å². The number of rotatable bonds is 5. The van der Waals surface area contributed by atoms with Gasteiger partial charge in [0.25, 0.3) is 0 Å². The lowest BCUT2D eigenvalue weighted by Gasteiger charge is -2.31. The highest BCUT2D eigenvalue weighted by atomic mass is 19.1. The van der Waals surface area contributed by atoms with E-state index in [1.54, 1.807) is 16.7 Å². The molecule has 1 amide bonds. The van der Waals surface area contributed by atoms with Crippen LogP contribution >= 0.6 is 0 Å². The normalized spacial score (nSPS) is 14.8. The zero-order valence-electron chi connectivity index (χ0n) is 17.0. The second-order valence-corrected chi connectivity index (χ2v) is 7.92. The van der Waals surface area contributed by atoms with Gasteiger partial charge in [-0.05, 0) is 43.0 Å². The van der Waals surface area contributed by atoms with Crippen LogP contribution in [0.15, 0.2) is 53.3 Å². The number of hydrogen-bond acceptors (Lipinski definition) is 3. The lowest BCUT2D eigenvalue weighted by atomic mass is 9.95. The second kappa shape index (κ2) is 8.65. The van der Waals surface area contributed by atoms with Gasteiger partial charge in [0, 0.05) is 19.0 Å². The first-order chi connectivity index (χ1) is 14.5. The Morgan fingerprint density at radius 3 is 2.57 bits per heavy atom. The van der Waals surface area contributed by atoms with Crippen molar-refractivity contribution in [1.29, 1.82) is 0 Å². The Kier molecular flexibility index (Phi) is 5.79. The molecule has 156 valence electrons. The van der Waals surface area contributed by atoms with Gasteiger partial charge in [-0.3, -0.25) is 9.36 Å². The molecule has 0 spiro atoms. The molecule has 30 heavy (non-hydrogen) atoms. The van der Waals surface area contributed by atoms with Crippen molar-refractivity contribution in [2.24, 2.45) is 0 Å². The summed E-state index contributed by atoms with van der Waals surface area (Å²) in [6.07, 6.45) is 1.68. The molecule has 3 aromatic rings. The van der Waals surface area contributed by atoms with Crippen LogP contribution in [0.1, 0.15) is 41.3 Å². The van der Waals surface area contributed by atoms with Crippen molar-refractivity contribution >= 4 is 5.91 Å². The molecule has 2 aromatic carbocycles. The highest BCUT2D eigenvalue weighted by Gasteiger charge is 2.27. The predicted molar refractivity (Wildman–Crippen MR) is 112 cm³/mol. The molecule has 7 heteroatoms. The number of aromatic nitrogens is 3. The van der Waals surface area contributed by atoms with Gasteiger partial charge in [0.1, 0.15) is 11.6 Å². The van der Waals surface area contributed by atoms with Crippen molar-refractivity contribution in [3.63, 3.8) is 0 Å². The third-order valence-electron chi connectivity index (χ3n) is 5.71. The van der Waals surface area contributed by atoms with Crippen LogP contribution in [0.5, 0.6) is 0 Å². The lowest BCUT2D eigenvalue weighted by Crippen LogP contribution is -2.39. The molecule has 1 aromatic heterocycles. The molecule has 0 saturated carbocycles. The Balaban J connectivity index is 1.40. The zero-order valence-corrected chi connectivity index (χ0v) is 17.0. The van der Waals surface area contributed by atoms with Crippen molar-refractivity contribution in [3.8, 4) is 0 Å². The van der Waals surface area contributed by atoms with Gasteiger partial charge in [-0.25, -0.2) is 14.3 Å². The molecule has 0 atom stereocenters. The van der Waals surface area contributed by atoms with Gasteiger partial charge in [-0.2, -0.15) is 5.10 Å². The number of likely N-dealkylation sites (tertiary alicyclic amines) is 1. The number of carbonyl (C=O) groups is 1. The molecule has 0 unspecified atom stereocenters. The van der Waals surface area contributed by atoms with Crippen LogP contribution in [0.4, 0.5) is 4.39 Å². The van der Waals surface area contributed by atoms with Crippen LogP contribution in [0, 0.1) is 12.7 Å². The largest absolute Gasteiger partial charge is 0.343 e. The number of nitrogens with one attached hydrogen (secondary N) is 1. The molecule has 0 radical (unpaired) electrons. The van der Waals surface area contributed by atoms with Gasteiger partial charge in [0.15, 0.2) is 0 Å². The Hall–Kier alpha value is -3.22. The average Bonchev–Trinajstić information content (AvgIpc) is 3.10. The summed E-state index contributed by atoms with van der Waals surface area (Å²) in [6.45, 7) is 3.71. The summed E-state index contributed by atoms with van der Waals surface area (Å²) >= 11 is 0. The fraction of sp³-hybridized carbons (Fsp3) is 0.348. The number of hydrogen-bond donors (Lipinski definition) is 1. The minimum Gasteiger partial charge on any atom is -0.342 e. The molecule has 2 heterocycles. The van der Waals surface area contributed by atoms with E-state index in [1.807, 2.05) is 36.1 Å². The SMILES string of the molecule is Cc1ccc(Cn2c(C3CCN(C(=O)Cc4cccc(F)c4)CC3)n[nH]c2=O)cc1. The van der Waals surface area contributed by atoms with Gasteiger partial charge < -0.3 is 4.90 Å². The van der Waals surface area contributed by atoms with Crippen LogP contribution in [-0.4, -0.2) is 38.7 Å². The van der Waals surface area contributed by atoms with Crippen molar-refractivity contribution in [2.75, 3.05) is 13.1 Å². The zero-order chi connectivity index (χ0) is 21.1. The molecule has 0 bridgehead atoms. The van der Waals surface area contributed by atoms with E-state index >= 15 is 0 Å². The molecule has 1 saturated heterocycles. The Morgan fingerprint density at radius 1 is 1.13 bits per heavy atom. The van der Waals surface area contributed by atoms with Crippen LogP contribution in [0.2, 0.25) is 0 Å². The molecule has 1 aliphatic rings. The minimum absolute atomic E-state index is 0.00174. The third kappa shape index (κ3) is 4.50. The maximum atomic E-state index is 13.4. The van der Waals surface area contributed by atoms with Crippen LogP contribution in [0.25, 0.3) is 0 Å². The molecule has 4 rings (SSSR count). The molecule has 6 nitrogen and oxygen atoms in total. The van der Waals surface area contributed by atoms with Gasteiger partial charge in [0.2, 0.25) is 5.91 Å². The van der Waals surface area contributed by atoms with E-state index < -0.39 is 0 Å². The summed E-state index contributed by atoms with van der Waals surface area (Å²) in [5.74, 6) is 0.535. The van der Waals surface area contributed by atoms with Crippen molar-refractivity contribution < 1.29 is 9.18 Å². The van der Waals surface area contributed by atoms with E-state index in [1.165, 1.54) is 17.7 Å².